The molecule has 0 aliphatic carbocycles. The van der Waals surface area contributed by atoms with Gasteiger partial charge in [0.05, 0.1) is 18.3 Å². The number of hydrogen-bond acceptors (Lipinski definition) is 3. The molecule has 1 amide bonds. The first kappa shape index (κ1) is 16.3. The molecule has 0 bridgehead atoms. The van der Waals surface area contributed by atoms with Crippen molar-refractivity contribution in [2.75, 3.05) is 16.8 Å². The van der Waals surface area contributed by atoms with Gasteiger partial charge in [-0.2, -0.15) is 0 Å². The molecule has 0 spiro atoms. The third-order valence-corrected chi connectivity index (χ3v) is 4.64. The lowest BCUT2D eigenvalue weighted by atomic mass is 10.0. The summed E-state index contributed by atoms with van der Waals surface area (Å²) in [7, 11) is 0. The number of para-hydroxylation sites is 1. The SMILES string of the molecule is O=C(Cc1ccccc1)Nc1ccc(N2CCCc3ccccc32)cn1. The fourth-order valence-corrected chi connectivity index (χ4v) is 3.39. The summed E-state index contributed by atoms with van der Waals surface area (Å²) in [4.78, 5) is 18.9. The maximum Gasteiger partial charge on any atom is 0.229 e. The van der Waals surface area contributed by atoms with Crippen molar-refractivity contribution in [3.63, 3.8) is 0 Å². The monoisotopic (exact) mass is 343 g/mol. The van der Waals surface area contributed by atoms with Gasteiger partial charge in [0, 0.05) is 12.2 Å². The summed E-state index contributed by atoms with van der Waals surface area (Å²) in [6.45, 7) is 0.985. The number of benzene rings is 2. The van der Waals surface area contributed by atoms with E-state index in [1.165, 1.54) is 11.3 Å². The Bertz CT molecular complexity index is 891. The molecular weight excluding hydrogens is 322 g/mol. The minimum Gasteiger partial charge on any atom is -0.340 e. The molecule has 2 aromatic carbocycles. The number of amides is 1. The summed E-state index contributed by atoms with van der Waals surface area (Å²) >= 11 is 0. The lowest BCUT2D eigenvalue weighted by Crippen LogP contribution is -2.24. The molecular formula is C22H21N3O. The molecule has 1 N–H and O–H groups in total. The van der Waals surface area contributed by atoms with Gasteiger partial charge in [-0.1, -0.05) is 48.5 Å². The minimum atomic E-state index is -0.0558. The Balaban J connectivity index is 1.45. The fourth-order valence-electron chi connectivity index (χ4n) is 3.39. The number of pyridine rings is 1. The van der Waals surface area contributed by atoms with Gasteiger partial charge in [-0.15, -0.1) is 0 Å². The largest absolute Gasteiger partial charge is 0.340 e. The molecule has 0 fully saturated rings. The highest BCUT2D eigenvalue weighted by molar-refractivity contribution is 5.91. The second kappa shape index (κ2) is 7.40. The van der Waals surface area contributed by atoms with Crippen LogP contribution in [0.4, 0.5) is 17.2 Å². The first-order valence-corrected chi connectivity index (χ1v) is 8.95. The highest BCUT2D eigenvalue weighted by atomic mass is 16.1. The minimum absolute atomic E-state index is 0.0558. The van der Waals surface area contributed by atoms with E-state index in [1.807, 2.05) is 48.7 Å². The maximum atomic E-state index is 12.2. The Morgan fingerprint density at radius 3 is 2.62 bits per heavy atom. The highest BCUT2D eigenvalue weighted by Crippen LogP contribution is 2.33. The highest BCUT2D eigenvalue weighted by Gasteiger charge is 2.18. The van der Waals surface area contributed by atoms with E-state index in [1.54, 1.807) is 0 Å². The first-order chi connectivity index (χ1) is 12.8. The van der Waals surface area contributed by atoms with Gasteiger partial charge in [-0.3, -0.25) is 4.79 Å². The van der Waals surface area contributed by atoms with Gasteiger partial charge in [-0.05, 0) is 42.2 Å². The Kier molecular flexibility index (Phi) is 4.65. The predicted octanol–water partition coefficient (Wildman–Crippen LogP) is 4.35. The molecule has 4 rings (SSSR count). The van der Waals surface area contributed by atoms with Crippen molar-refractivity contribution >= 4 is 23.1 Å². The molecule has 0 saturated heterocycles. The van der Waals surface area contributed by atoms with Crippen LogP contribution < -0.4 is 10.2 Å². The smallest absolute Gasteiger partial charge is 0.229 e. The zero-order valence-electron chi connectivity index (χ0n) is 14.6. The average molecular weight is 343 g/mol. The van der Waals surface area contributed by atoms with E-state index >= 15 is 0 Å². The zero-order valence-corrected chi connectivity index (χ0v) is 14.6. The molecule has 4 nitrogen and oxygen atoms in total. The second-order valence-corrected chi connectivity index (χ2v) is 6.50. The Morgan fingerprint density at radius 1 is 1.00 bits per heavy atom. The van der Waals surface area contributed by atoms with Crippen molar-refractivity contribution < 1.29 is 4.79 Å². The molecule has 2 heterocycles. The van der Waals surface area contributed by atoms with Crippen LogP contribution in [0.3, 0.4) is 0 Å². The molecule has 130 valence electrons. The van der Waals surface area contributed by atoms with E-state index in [9.17, 15) is 4.79 Å². The number of nitrogens with zero attached hydrogens (tertiary/aromatic N) is 2. The normalized spacial score (nSPS) is 13.2. The van der Waals surface area contributed by atoms with Crippen molar-refractivity contribution in [1.82, 2.24) is 4.98 Å². The van der Waals surface area contributed by atoms with Gasteiger partial charge >= 0.3 is 0 Å². The summed E-state index contributed by atoms with van der Waals surface area (Å²) in [5.74, 6) is 0.528. The van der Waals surface area contributed by atoms with Crippen LogP contribution in [0.5, 0.6) is 0 Å². The second-order valence-electron chi connectivity index (χ2n) is 6.50. The van der Waals surface area contributed by atoms with E-state index in [2.05, 4.69) is 39.5 Å². The number of carbonyl (C=O) groups is 1. The van der Waals surface area contributed by atoms with Gasteiger partial charge in [0.25, 0.3) is 0 Å². The molecule has 1 aliphatic rings. The predicted molar refractivity (Wildman–Crippen MR) is 105 cm³/mol. The quantitative estimate of drug-likeness (QED) is 0.766. The van der Waals surface area contributed by atoms with Crippen molar-refractivity contribution in [3.05, 3.63) is 84.1 Å². The van der Waals surface area contributed by atoms with Crippen LogP contribution in [0.15, 0.2) is 72.9 Å². The van der Waals surface area contributed by atoms with Gasteiger partial charge in [0.1, 0.15) is 5.82 Å². The van der Waals surface area contributed by atoms with Crippen LogP contribution in [0.2, 0.25) is 0 Å². The number of anilines is 3. The van der Waals surface area contributed by atoms with E-state index in [0.29, 0.717) is 12.2 Å². The van der Waals surface area contributed by atoms with Crippen molar-refractivity contribution in [1.29, 1.82) is 0 Å². The summed E-state index contributed by atoms with van der Waals surface area (Å²) in [6.07, 6.45) is 4.43. The lowest BCUT2D eigenvalue weighted by molar-refractivity contribution is -0.115. The number of aromatic nitrogens is 1. The van der Waals surface area contributed by atoms with Gasteiger partial charge < -0.3 is 10.2 Å². The number of nitrogens with one attached hydrogen (secondary N) is 1. The van der Waals surface area contributed by atoms with Crippen LogP contribution >= 0.6 is 0 Å². The van der Waals surface area contributed by atoms with Crippen LogP contribution in [0.25, 0.3) is 0 Å². The number of carbonyl (C=O) groups excluding carboxylic acids is 1. The Labute approximate surface area is 153 Å². The molecule has 0 unspecified atom stereocenters. The fraction of sp³-hybridized carbons (Fsp3) is 0.182. The van der Waals surface area contributed by atoms with Gasteiger partial charge in [-0.25, -0.2) is 4.98 Å². The molecule has 0 saturated carbocycles. The lowest BCUT2D eigenvalue weighted by Gasteiger charge is -2.31. The van der Waals surface area contributed by atoms with Gasteiger partial charge in [0.15, 0.2) is 0 Å². The maximum absolute atomic E-state index is 12.2. The number of aryl methyl sites for hydroxylation is 1. The van der Waals surface area contributed by atoms with Crippen molar-refractivity contribution in [2.24, 2.45) is 0 Å². The zero-order chi connectivity index (χ0) is 17.8. The Morgan fingerprint density at radius 2 is 1.81 bits per heavy atom. The van der Waals surface area contributed by atoms with E-state index in [0.717, 1.165) is 30.6 Å². The number of hydrogen-bond donors (Lipinski definition) is 1. The van der Waals surface area contributed by atoms with E-state index in [-0.39, 0.29) is 5.91 Å². The summed E-state index contributed by atoms with van der Waals surface area (Å²) in [5, 5.41) is 2.87. The van der Waals surface area contributed by atoms with Crippen LogP contribution in [0.1, 0.15) is 17.5 Å². The van der Waals surface area contributed by atoms with Crippen molar-refractivity contribution in [2.45, 2.75) is 19.3 Å². The van der Waals surface area contributed by atoms with Crippen LogP contribution in [-0.2, 0) is 17.6 Å². The average Bonchev–Trinajstić information content (AvgIpc) is 2.69. The standard InChI is InChI=1S/C22H21N3O/c26-22(15-17-7-2-1-3-8-17)24-21-13-12-19(16-23-21)25-14-6-10-18-9-4-5-11-20(18)25/h1-5,7-9,11-13,16H,6,10,14-15H2,(H,23,24,26). The third-order valence-electron chi connectivity index (χ3n) is 4.64. The molecule has 3 aromatic rings. The number of rotatable bonds is 4. The summed E-state index contributed by atoms with van der Waals surface area (Å²) in [6, 6.07) is 22.1. The molecule has 4 heteroatoms. The van der Waals surface area contributed by atoms with Crippen LogP contribution in [-0.4, -0.2) is 17.4 Å². The van der Waals surface area contributed by atoms with Crippen LogP contribution in [0, 0.1) is 0 Å². The molecule has 26 heavy (non-hydrogen) atoms. The molecule has 0 atom stereocenters. The summed E-state index contributed by atoms with van der Waals surface area (Å²) < 4.78 is 0. The van der Waals surface area contributed by atoms with E-state index in [4.69, 9.17) is 0 Å². The Hall–Kier alpha value is -3.14. The summed E-state index contributed by atoms with van der Waals surface area (Å²) in [5.41, 5.74) is 4.67. The van der Waals surface area contributed by atoms with Gasteiger partial charge in [0.2, 0.25) is 5.91 Å². The molecule has 0 radical (unpaired) electrons. The topological polar surface area (TPSA) is 45.2 Å². The van der Waals surface area contributed by atoms with Crippen molar-refractivity contribution in [3.8, 4) is 0 Å². The van der Waals surface area contributed by atoms with E-state index < -0.39 is 0 Å². The molecule has 1 aliphatic heterocycles. The first-order valence-electron chi connectivity index (χ1n) is 8.95. The molecule has 1 aromatic heterocycles. The number of fused-ring (bicyclic) bond motifs is 1. The third kappa shape index (κ3) is 3.59.